The average Bonchev–Trinajstić information content (AvgIpc) is 2.69. The molecule has 18 heavy (non-hydrogen) atoms. The molecule has 0 fully saturated rings. The van der Waals surface area contributed by atoms with E-state index in [4.69, 9.17) is 5.10 Å². The van der Waals surface area contributed by atoms with Crippen LogP contribution in [0.25, 0.3) is 11.4 Å². The Balaban J connectivity index is 2.14. The van der Waals surface area contributed by atoms with Crippen molar-refractivity contribution in [2.45, 2.75) is 39.2 Å². The van der Waals surface area contributed by atoms with Gasteiger partial charge in [0.05, 0.1) is 15.9 Å². The molecular weight excluding hydrogens is 290 g/mol. The Bertz CT molecular complexity index is 589. The Labute approximate surface area is 115 Å². The molecule has 0 aliphatic carbocycles. The van der Waals surface area contributed by atoms with E-state index >= 15 is 0 Å². The van der Waals surface area contributed by atoms with E-state index in [1.807, 2.05) is 25.1 Å². The molecule has 1 aliphatic rings. The predicted molar refractivity (Wildman–Crippen MR) is 75.5 cm³/mol. The van der Waals surface area contributed by atoms with Gasteiger partial charge in [0.25, 0.3) is 0 Å². The highest BCUT2D eigenvalue weighted by Crippen LogP contribution is 2.35. The van der Waals surface area contributed by atoms with Crippen molar-refractivity contribution >= 4 is 15.9 Å². The second-order valence-electron chi connectivity index (χ2n) is 4.96. The number of aryl methyl sites for hydroxylation is 1. The van der Waals surface area contributed by atoms with Gasteiger partial charge in [0.2, 0.25) is 0 Å². The zero-order valence-corrected chi connectivity index (χ0v) is 12.2. The van der Waals surface area contributed by atoms with Crippen molar-refractivity contribution in [2.24, 2.45) is 0 Å². The van der Waals surface area contributed by atoms with E-state index in [1.165, 1.54) is 18.5 Å². The molecule has 0 N–H and O–H groups in total. The van der Waals surface area contributed by atoms with Crippen molar-refractivity contribution in [1.82, 2.24) is 14.8 Å². The van der Waals surface area contributed by atoms with Crippen LogP contribution in [-0.4, -0.2) is 14.8 Å². The summed E-state index contributed by atoms with van der Waals surface area (Å²) in [6.45, 7) is 4.24. The van der Waals surface area contributed by atoms with E-state index in [0.29, 0.717) is 6.04 Å². The summed E-state index contributed by atoms with van der Waals surface area (Å²) in [5.41, 5.74) is 4.27. The van der Waals surface area contributed by atoms with E-state index in [-0.39, 0.29) is 0 Å². The molecule has 2 aromatic heterocycles. The monoisotopic (exact) mass is 305 g/mol. The minimum atomic E-state index is 0.489. The topological polar surface area (TPSA) is 30.7 Å². The first-order valence-electron chi connectivity index (χ1n) is 6.37. The van der Waals surface area contributed by atoms with Crippen LogP contribution < -0.4 is 0 Å². The molecule has 2 aromatic rings. The highest BCUT2D eigenvalue weighted by Gasteiger charge is 2.23. The first-order chi connectivity index (χ1) is 8.66. The largest absolute Gasteiger partial charge is 0.265 e. The smallest absolute Gasteiger partial charge is 0.125 e. The standard InChI is InChI=1S/C14H16BrN3/c1-9-5-3-7-11(16-9)14-13(15)12-8-4-6-10(2)18(12)17-14/h3,5,7,10H,4,6,8H2,1-2H3/t10-/m1/s1. The quantitative estimate of drug-likeness (QED) is 0.799. The fourth-order valence-corrected chi connectivity index (χ4v) is 3.23. The van der Waals surface area contributed by atoms with Crippen LogP contribution in [0.3, 0.4) is 0 Å². The third-order valence-corrected chi connectivity index (χ3v) is 4.36. The maximum Gasteiger partial charge on any atom is 0.125 e. The van der Waals surface area contributed by atoms with Gasteiger partial charge in [-0.15, -0.1) is 0 Å². The fourth-order valence-electron chi connectivity index (χ4n) is 2.56. The van der Waals surface area contributed by atoms with Gasteiger partial charge >= 0.3 is 0 Å². The first-order valence-corrected chi connectivity index (χ1v) is 7.17. The maximum absolute atomic E-state index is 4.75. The van der Waals surface area contributed by atoms with Gasteiger partial charge in [0, 0.05) is 11.7 Å². The third kappa shape index (κ3) is 1.88. The van der Waals surface area contributed by atoms with Crippen LogP contribution in [-0.2, 0) is 6.42 Å². The Kier molecular flexibility index (Phi) is 2.98. The van der Waals surface area contributed by atoms with E-state index in [9.17, 15) is 0 Å². The van der Waals surface area contributed by atoms with Crippen LogP contribution >= 0.6 is 15.9 Å². The van der Waals surface area contributed by atoms with Crippen LogP contribution in [0.1, 0.15) is 37.2 Å². The molecule has 1 atom stereocenters. The Hall–Kier alpha value is -1.16. The predicted octanol–water partition coefficient (Wildman–Crippen LogP) is 3.91. The molecule has 94 valence electrons. The molecular formula is C14H16BrN3. The molecule has 0 unspecified atom stereocenters. The number of nitrogens with zero attached hydrogens (tertiary/aromatic N) is 3. The van der Waals surface area contributed by atoms with Gasteiger partial charge in [-0.25, -0.2) is 0 Å². The van der Waals surface area contributed by atoms with Gasteiger partial charge in [-0.3, -0.25) is 9.67 Å². The number of fused-ring (bicyclic) bond motifs is 1. The van der Waals surface area contributed by atoms with E-state index in [1.54, 1.807) is 0 Å². The van der Waals surface area contributed by atoms with Gasteiger partial charge in [0.15, 0.2) is 0 Å². The molecule has 1 aliphatic heterocycles. The van der Waals surface area contributed by atoms with Crippen LogP contribution in [0, 0.1) is 6.92 Å². The number of hydrogen-bond acceptors (Lipinski definition) is 2. The Morgan fingerprint density at radius 1 is 1.39 bits per heavy atom. The Morgan fingerprint density at radius 2 is 2.22 bits per heavy atom. The second kappa shape index (κ2) is 4.50. The summed E-state index contributed by atoms with van der Waals surface area (Å²) in [4.78, 5) is 4.57. The number of pyridine rings is 1. The molecule has 0 radical (unpaired) electrons. The summed E-state index contributed by atoms with van der Waals surface area (Å²) in [5, 5.41) is 4.75. The molecule has 4 heteroatoms. The lowest BCUT2D eigenvalue weighted by Crippen LogP contribution is -2.16. The molecule has 0 aromatic carbocycles. The molecule has 0 bridgehead atoms. The summed E-state index contributed by atoms with van der Waals surface area (Å²) in [5.74, 6) is 0. The normalized spacial score (nSPS) is 18.7. The van der Waals surface area contributed by atoms with Crippen LogP contribution in [0.2, 0.25) is 0 Å². The third-order valence-electron chi connectivity index (χ3n) is 3.53. The van der Waals surface area contributed by atoms with Gasteiger partial charge < -0.3 is 0 Å². The fraction of sp³-hybridized carbons (Fsp3) is 0.429. The summed E-state index contributed by atoms with van der Waals surface area (Å²) < 4.78 is 3.28. The minimum Gasteiger partial charge on any atom is -0.265 e. The number of hydrogen-bond donors (Lipinski definition) is 0. The lowest BCUT2D eigenvalue weighted by molar-refractivity contribution is 0.393. The van der Waals surface area contributed by atoms with Crippen molar-refractivity contribution in [3.05, 3.63) is 34.1 Å². The molecule has 0 saturated heterocycles. The summed E-state index contributed by atoms with van der Waals surface area (Å²) >= 11 is 3.70. The van der Waals surface area contributed by atoms with Crippen molar-refractivity contribution in [3.8, 4) is 11.4 Å². The highest BCUT2D eigenvalue weighted by atomic mass is 79.9. The highest BCUT2D eigenvalue weighted by molar-refractivity contribution is 9.10. The molecule has 3 heterocycles. The van der Waals surface area contributed by atoms with Crippen molar-refractivity contribution in [1.29, 1.82) is 0 Å². The lowest BCUT2D eigenvalue weighted by atomic mass is 10.0. The molecule has 0 saturated carbocycles. The zero-order valence-electron chi connectivity index (χ0n) is 10.7. The number of halogens is 1. The number of aromatic nitrogens is 3. The minimum absolute atomic E-state index is 0.489. The molecule has 3 nitrogen and oxygen atoms in total. The summed E-state index contributed by atoms with van der Waals surface area (Å²) in [7, 11) is 0. The van der Waals surface area contributed by atoms with Crippen molar-refractivity contribution in [2.75, 3.05) is 0 Å². The zero-order chi connectivity index (χ0) is 12.7. The molecule has 3 rings (SSSR count). The van der Waals surface area contributed by atoms with Gasteiger partial charge in [0.1, 0.15) is 5.69 Å². The summed E-state index contributed by atoms with van der Waals surface area (Å²) in [6.07, 6.45) is 3.55. The summed E-state index contributed by atoms with van der Waals surface area (Å²) in [6, 6.07) is 6.56. The molecule has 0 spiro atoms. The SMILES string of the molecule is Cc1cccc(-c2nn3c(c2Br)CCC[C@H]3C)n1. The van der Waals surface area contributed by atoms with Crippen LogP contribution in [0.15, 0.2) is 22.7 Å². The lowest BCUT2D eigenvalue weighted by Gasteiger charge is -2.20. The first kappa shape index (κ1) is 11.9. The Morgan fingerprint density at radius 3 is 2.94 bits per heavy atom. The van der Waals surface area contributed by atoms with Gasteiger partial charge in [-0.1, -0.05) is 6.07 Å². The van der Waals surface area contributed by atoms with E-state index in [0.717, 1.165) is 28.0 Å². The average molecular weight is 306 g/mol. The van der Waals surface area contributed by atoms with Crippen LogP contribution in [0.4, 0.5) is 0 Å². The van der Waals surface area contributed by atoms with E-state index in [2.05, 4.69) is 32.5 Å². The van der Waals surface area contributed by atoms with Crippen molar-refractivity contribution in [3.63, 3.8) is 0 Å². The van der Waals surface area contributed by atoms with Crippen molar-refractivity contribution < 1.29 is 0 Å². The van der Waals surface area contributed by atoms with Gasteiger partial charge in [-0.05, 0) is 61.2 Å². The second-order valence-corrected chi connectivity index (χ2v) is 5.75. The van der Waals surface area contributed by atoms with Gasteiger partial charge in [-0.2, -0.15) is 5.10 Å². The van der Waals surface area contributed by atoms with E-state index < -0.39 is 0 Å². The maximum atomic E-state index is 4.75. The molecule has 0 amide bonds. The van der Waals surface area contributed by atoms with Crippen LogP contribution in [0.5, 0.6) is 0 Å². The number of rotatable bonds is 1.